The number of nitrogens with zero attached hydrogens (tertiary/aromatic N) is 1. The van der Waals surface area contributed by atoms with Crippen molar-refractivity contribution in [2.24, 2.45) is 17.8 Å². The Morgan fingerprint density at radius 2 is 1.72 bits per heavy atom. The van der Waals surface area contributed by atoms with E-state index in [4.69, 9.17) is 0 Å². The number of benzene rings is 1. The van der Waals surface area contributed by atoms with E-state index in [0.29, 0.717) is 0 Å². The molecular weight excluding hydrogens is 228 g/mol. The first-order chi connectivity index (χ1) is 8.74. The predicted molar refractivity (Wildman–Crippen MR) is 70.5 cm³/mol. The van der Waals surface area contributed by atoms with E-state index < -0.39 is 0 Å². The maximum Gasteiger partial charge on any atom is 0.269 e. The molecule has 2 fully saturated rings. The number of nitro groups is 1. The van der Waals surface area contributed by atoms with Crippen LogP contribution in [0.25, 0.3) is 0 Å². The number of rotatable bonds is 6. The second-order valence-electron chi connectivity index (χ2n) is 5.52. The van der Waals surface area contributed by atoms with E-state index in [1.807, 2.05) is 0 Å². The molecule has 96 valence electrons. The lowest BCUT2D eigenvalue weighted by Gasteiger charge is -2.16. The predicted octanol–water partition coefficient (Wildman–Crippen LogP) is 3.44. The molecule has 0 unspecified atom stereocenters. The lowest BCUT2D eigenvalue weighted by molar-refractivity contribution is -0.384. The van der Waals surface area contributed by atoms with Gasteiger partial charge in [-0.2, -0.15) is 0 Å². The van der Waals surface area contributed by atoms with E-state index in [2.05, 4.69) is 5.32 Å². The van der Waals surface area contributed by atoms with Gasteiger partial charge in [-0.05, 0) is 55.6 Å². The Hall–Kier alpha value is -1.58. The van der Waals surface area contributed by atoms with Crippen molar-refractivity contribution in [3.05, 3.63) is 34.4 Å². The molecule has 0 spiro atoms. The maximum atomic E-state index is 10.6. The molecule has 0 radical (unpaired) electrons. The summed E-state index contributed by atoms with van der Waals surface area (Å²) in [4.78, 5) is 10.2. The fraction of sp³-hybridized carbons (Fsp3) is 0.571. The molecule has 0 aliphatic heterocycles. The van der Waals surface area contributed by atoms with Crippen molar-refractivity contribution in [2.75, 3.05) is 11.9 Å². The van der Waals surface area contributed by atoms with Crippen LogP contribution in [-0.2, 0) is 0 Å². The van der Waals surface area contributed by atoms with Gasteiger partial charge in [-0.25, -0.2) is 0 Å². The van der Waals surface area contributed by atoms with Crippen LogP contribution in [-0.4, -0.2) is 11.5 Å². The van der Waals surface area contributed by atoms with Crippen LogP contribution in [0.15, 0.2) is 24.3 Å². The van der Waals surface area contributed by atoms with Crippen LogP contribution in [0.5, 0.6) is 0 Å². The van der Waals surface area contributed by atoms with Gasteiger partial charge in [-0.15, -0.1) is 0 Å². The largest absolute Gasteiger partial charge is 0.385 e. The molecule has 1 N–H and O–H groups in total. The number of nitrogens with one attached hydrogen (secondary N) is 1. The van der Waals surface area contributed by atoms with E-state index in [0.717, 1.165) is 30.0 Å². The molecule has 0 bridgehead atoms. The number of anilines is 1. The first kappa shape index (κ1) is 11.5. The van der Waals surface area contributed by atoms with Crippen molar-refractivity contribution in [2.45, 2.75) is 25.7 Å². The molecule has 2 aliphatic carbocycles. The quantitative estimate of drug-likeness (QED) is 0.618. The van der Waals surface area contributed by atoms with Gasteiger partial charge in [-0.3, -0.25) is 10.1 Å². The summed E-state index contributed by atoms with van der Waals surface area (Å²) in [5, 5.41) is 14.0. The van der Waals surface area contributed by atoms with Gasteiger partial charge in [0.25, 0.3) is 5.69 Å². The van der Waals surface area contributed by atoms with Gasteiger partial charge in [0.15, 0.2) is 0 Å². The Morgan fingerprint density at radius 1 is 1.17 bits per heavy atom. The molecule has 0 aromatic heterocycles. The zero-order chi connectivity index (χ0) is 12.5. The molecular formula is C14H18N2O2. The van der Waals surface area contributed by atoms with Crippen LogP contribution in [0.1, 0.15) is 25.7 Å². The van der Waals surface area contributed by atoms with Gasteiger partial charge in [0.2, 0.25) is 0 Å². The molecule has 18 heavy (non-hydrogen) atoms. The van der Waals surface area contributed by atoms with Crippen molar-refractivity contribution in [3.63, 3.8) is 0 Å². The zero-order valence-electron chi connectivity index (χ0n) is 10.3. The molecule has 0 saturated heterocycles. The van der Waals surface area contributed by atoms with Crippen molar-refractivity contribution in [1.82, 2.24) is 0 Å². The molecule has 0 atom stereocenters. The van der Waals surface area contributed by atoms with Gasteiger partial charge < -0.3 is 5.32 Å². The third-order valence-corrected chi connectivity index (χ3v) is 4.08. The van der Waals surface area contributed by atoms with Crippen LogP contribution in [0.3, 0.4) is 0 Å². The average Bonchev–Trinajstić information content (AvgIpc) is 3.24. The van der Waals surface area contributed by atoms with E-state index >= 15 is 0 Å². The minimum Gasteiger partial charge on any atom is -0.385 e. The minimum atomic E-state index is -0.360. The number of nitro benzene ring substituents is 1. The van der Waals surface area contributed by atoms with E-state index in [9.17, 15) is 10.1 Å². The Balaban J connectivity index is 1.56. The highest BCUT2D eigenvalue weighted by Gasteiger charge is 2.40. The van der Waals surface area contributed by atoms with Crippen molar-refractivity contribution in [1.29, 1.82) is 0 Å². The van der Waals surface area contributed by atoms with Gasteiger partial charge in [0, 0.05) is 24.4 Å². The average molecular weight is 246 g/mol. The van der Waals surface area contributed by atoms with Gasteiger partial charge in [-0.1, -0.05) is 0 Å². The molecule has 0 heterocycles. The minimum absolute atomic E-state index is 0.154. The van der Waals surface area contributed by atoms with Crippen molar-refractivity contribution < 1.29 is 4.92 Å². The molecule has 2 saturated carbocycles. The SMILES string of the molecule is O=[N+]([O-])c1ccc(NCC(C2CC2)C2CC2)cc1. The van der Waals surface area contributed by atoms with Crippen molar-refractivity contribution in [3.8, 4) is 0 Å². The second kappa shape index (κ2) is 4.59. The Morgan fingerprint density at radius 3 is 2.17 bits per heavy atom. The fourth-order valence-corrected chi connectivity index (χ4v) is 2.70. The Labute approximate surface area is 107 Å². The normalized spacial score (nSPS) is 18.9. The van der Waals surface area contributed by atoms with Crippen molar-refractivity contribution >= 4 is 11.4 Å². The lowest BCUT2D eigenvalue weighted by atomic mass is 9.98. The van der Waals surface area contributed by atoms with Crippen LogP contribution < -0.4 is 5.32 Å². The van der Waals surface area contributed by atoms with Crippen LogP contribution in [0.2, 0.25) is 0 Å². The highest BCUT2D eigenvalue weighted by molar-refractivity contribution is 5.48. The first-order valence-electron chi connectivity index (χ1n) is 6.72. The summed E-state index contributed by atoms with van der Waals surface area (Å²) in [6, 6.07) is 6.72. The second-order valence-corrected chi connectivity index (χ2v) is 5.52. The molecule has 1 aromatic carbocycles. The smallest absolute Gasteiger partial charge is 0.269 e. The Kier molecular flexibility index (Phi) is 2.94. The summed E-state index contributed by atoms with van der Waals surface area (Å²) in [7, 11) is 0. The Bertz CT molecular complexity index is 424. The summed E-state index contributed by atoms with van der Waals surface area (Å²) in [6.45, 7) is 1.02. The number of hydrogen-bond acceptors (Lipinski definition) is 3. The zero-order valence-corrected chi connectivity index (χ0v) is 10.3. The number of non-ortho nitro benzene ring substituents is 1. The third kappa shape index (κ3) is 2.63. The molecule has 4 heteroatoms. The summed E-state index contributed by atoms with van der Waals surface area (Å²) in [5.41, 5.74) is 1.15. The molecule has 4 nitrogen and oxygen atoms in total. The summed E-state index contributed by atoms with van der Waals surface area (Å²) >= 11 is 0. The van der Waals surface area contributed by atoms with Crippen LogP contribution in [0, 0.1) is 27.9 Å². The molecule has 3 rings (SSSR count). The van der Waals surface area contributed by atoms with Gasteiger partial charge in [0.05, 0.1) is 4.92 Å². The molecule has 2 aliphatic rings. The third-order valence-electron chi connectivity index (χ3n) is 4.08. The summed E-state index contributed by atoms with van der Waals surface area (Å²) in [5.74, 6) is 2.69. The lowest BCUT2D eigenvalue weighted by Crippen LogP contribution is -2.18. The highest BCUT2D eigenvalue weighted by Crippen LogP contribution is 2.49. The first-order valence-corrected chi connectivity index (χ1v) is 6.72. The number of hydrogen-bond donors (Lipinski definition) is 1. The monoisotopic (exact) mass is 246 g/mol. The van der Waals surface area contributed by atoms with Crippen LogP contribution >= 0.6 is 0 Å². The van der Waals surface area contributed by atoms with Gasteiger partial charge in [0.1, 0.15) is 0 Å². The van der Waals surface area contributed by atoms with E-state index in [-0.39, 0.29) is 10.6 Å². The van der Waals surface area contributed by atoms with Gasteiger partial charge >= 0.3 is 0 Å². The standard InChI is InChI=1S/C14H18N2O2/c17-16(18)13-7-5-12(6-8-13)15-9-14(10-1-2-10)11-3-4-11/h5-8,10-11,14-15H,1-4,9H2. The van der Waals surface area contributed by atoms with E-state index in [1.165, 1.54) is 25.7 Å². The highest BCUT2D eigenvalue weighted by atomic mass is 16.6. The summed E-state index contributed by atoms with van der Waals surface area (Å²) in [6.07, 6.45) is 5.57. The molecule has 1 aromatic rings. The maximum absolute atomic E-state index is 10.6. The molecule has 0 amide bonds. The summed E-state index contributed by atoms with van der Waals surface area (Å²) < 4.78 is 0. The van der Waals surface area contributed by atoms with E-state index in [1.54, 1.807) is 24.3 Å². The van der Waals surface area contributed by atoms with Crippen LogP contribution in [0.4, 0.5) is 11.4 Å². The topological polar surface area (TPSA) is 55.2 Å². The fourth-order valence-electron chi connectivity index (χ4n) is 2.70.